The fraction of sp³-hybridized carbons (Fsp3) is 1.00. The van der Waals surface area contributed by atoms with Crippen molar-refractivity contribution in [3.63, 3.8) is 0 Å². The van der Waals surface area contributed by atoms with E-state index in [4.69, 9.17) is 0 Å². The molecule has 1 N–H and O–H groups in total. The third-order valence-corrected chi connectivity index (χ3v) is 7.33. The summed E-state index contributed by atoms with van der Waals surface area (Å²) in [6, 6.07) is 0.761. The Kier molecular flexibility index (Phi) is 3.92. The van der Waals surface area contributed by atoms with Gasteiger partial charge in [-0.15, -0.1) is 0 Å². The largest absolute Gasteiger partial charge is 0.308 e. The van der Waals surface area contributed by atoms with Gasteiger partial charge in [0.15, 0.2) is 0 Å². The molecule has 3 aliphatic rings. The number of piperazine rings is 1. The summed E-state index contributed by atoms with van der Waals surface area (Å²) in [7, 11) is 0. The number of hydrogen-bond acceptors (Lipinski definition) is 3. The fourth-order valence-corrected chi connectivity index (χ4v) is 5.03. The molecule has 0 bridgehead atoms. The van der Waals surface area contributed by atoms with E-state index in [0.29, 0.717) is 10.3 Å². The average Bonchev–Trinajstić information content (AvgIpc) is 3.18. The standard InChI is InChI=1S/C16H30N2S/c1-4-14-10-17-15(2,13-6-7-13)11-18(14)12-16(19-3)8-5-9-16/h13-14,17H,4-12H2,1-3H3. The van der Waals surface area contributed by atoms with Gasteiger partial charge in [-0.05, 0) is 51.2 Å². The first kappa shape index (κ1) is 14.2. The molecule has 1 aliphatic heterocycles. The van der Waals surface area contributed by atoms with Crippen LogP contribution in [0.1, 0.15) is 52.4 Å². The Morgan fingerprint density at radius 2 is 2.05 bits per heavy atom. The number of thioether (sulfide) groups is 1. The maximum atomic E-state index is 3.88. The monoisotopic (exact) mass is 282 g/mol. The molecule has 2 aliphatic carbocycles. The van der Waals surface area contributed by atoms with Gasteiger partial charge in [-0.1, -0.05) is 13.3 Å². The van der Waals surface area contributed by atoms with Crippen LogP contribution in [0.3, 0.4) is 0 Å². The van der Waals surface area contributed by atoms with Crippen molar-refractivity contribution < 1.29 is 0 Å². The van der Waals surface area contributed by atoms with Gasteiger partial charge in [0.05, 0.1) is 0 Å². The molecular formula is C16H30N2S. The van der Waals surface area contributed by atoms with Crippen LogP contribution in [-0.2, 0) is 0 Å². The lowest BCUT2D eigenvalue weighted by Crippen LogP contribution is -2.66. The smallest absolute Gasteiger partial charge is 0.0309 e. The number of rotatable bonds is 5. The Hall–Kier alpha value is 0.270. The van der Waals surface area contributed by atoms with Crippen molar-refractivity contribution in [3.05, 3.63) is 0 Å². The van der Waals surface area contributed by atoms with Crippen LogP contribution in [0.2, 0.25) is 0 Å². The van der Waals surface area contributed by atoms with Crippen LogP contribution in [0.25, 0.3) is 0 Å². The molecule has 1 heterocycles. The Bertz CT molecular complexity index is 317. The quantitative estimate of drug-likeness (QED) is 0.834. The maximum absolute atomic E-state index is 3.88. The summed E-state index contributed by atoms with van der Waals surface area (Å²) in [5.41, 5.74) is 0.398. The van der Waals surface area contributed by atoms with Gasteiger partial charge < -0.3 is 5.32 Å². The highest BCUT2D eigenvalue weighted by Gasteiger charge is 2.48. The zero-order valence-corrected chi connectivity index (χ0v) is 13.7. The number of nitrogens with one attached hydrogen (secondary N) is 1. The van der Waals surface area contributed by atoms with Gasteiger partial charge in [0.2, 0.25) is 0 Å². The van der Waals surface area contributed by atoms with Crippen molar-refractivity contribution in [3.8, 4) is 0 Å². The molecule has 0 amide bonds. The van der Waals surface area contributed by atoms with Crippen molar-refractivity contribution in [1.82, 2.24) is 10.2 Å². The van der Waals surface area contributed by atoms with Crippen LogP contribution in [-0.4, -0.2) is 47.1 Å². The molecule has 0 aromatic rings. The van der Waals surface area contributed by atoms with Crippen molar-refractivity contribution in [2.75, 3.05) is 25.9 Å². The highest BCUT2D eigenvalue weighted by atomic mass is 32.2. The zero-order valence-electron chi connectivity index (χ0n) is 12.9. The second-order valence-corrected chi connectivity index (χ2v) is 8.55. The van der Waals surface area contributed by atoms with E-state index in [-0.39, 0.29) is 0 Å². The summed E-state index contributed by atoms with van der Waals surface area (Å²) in [6.07, 6.45) is 10.8. The molecule has 2 atom stereocenters. The first-order chi connectivity index (χ1) is 9.11. The molecule has 110 valence electrons. The highest BCUT2D eigenvalue weighted by Crippen LogP contribution is 2.46. The molecule has 3 rings (SSSR count). The minimum atomic E-state index is 0.398. The summed E-state index contributed by atoms with van der Waals surface area (Å²) < 4.78 is 0.592. The Labute approximate surface area is 123 Å². The second-order valence-electron chi connectivity index (χ2n) is 7.28. The SMILES string of the molecule is CCC1CNC(C)(C2CC2)CN1CC1(SC)CCC1. The van der Waals surface area contributed by atoms with Crippen LogP contribution >= 0.6 is 11.8 Å². The topological polar surface area (TPSA) is 15.3 Å². The normalized spacial score (nSPS) is 39.0. The van der Waals surface area contributed by atoms with Gasteiger partial charge in [0.1, 0.15) is 0 Å². The van der Waals surface area contributed by atoms with E-state index in [2.05, 4.69) is 42.1 Å². The van der Waals surface area contributed by atoms with E-state index >= 15 is 0 Å². The summed E-state index contributed by atoms with van der Waals surface area (Å²) >= 11 is 2.13. The molecular weight excluding hydrogens is 252 g/mol. The second kappa shape index (κ2) is 5.23. The number of nitrogens with zero attached hydrogens (tertiary/aromatic N) is 1. The Morgan fingerprint density at radius 1 is 1.32 bits per heavy atom. The van der Waals surface area contributed by atoms with Crippen molar-refractivity contribution in [2.45, 2.75) is 68.7 Å². The van der Waals surface area contributed by atoms with Crippen molar-refractivity contribution >= 4 is 11.8 Å². The van der Waals surface area contributed by atoms with E-state index in [1.807, 2.05) is 0 Å². The van der Waals surface area contributed by atoms with Gasteiger partial charge >= 0.3 is 0 Å². The minimum Gasteiger partial charge on any atom is -0.308 e. The van der Waals surface area contributed by atoms with Crippen LogP contribution in [0.5, 0.6) is 0 Å². The maximum Gasteiger partial charge on any atom is 0.0309 e. The summed E-state index contributed by atoms with van der Waals surface area (Å²) in [6.45, 7) is 8.63. The lowest BCUT2D eigenvalue weighted by Gasteiger charge is -2.52. The molecule has 2 unspecified atom stereocenters. The van der Waals surface area contributed by atoms with Gasteiger partial charge in [0, 0.05) is 36.0 Å². The summed E-state index contributed by atoms with van der Waals surface area (Å²) in [4.78, 5) is 2.84. The van der Waals surface area contributed by atoms with Crippen molar-refractivity contribution in [2.24, 2.45) is 5.92 Å². The average molecular weight is 282 g/mol. The number of hydrogen-bond donors (Lipinski definition) is 1. The molecule has 2 nitrogen and oxygen atoms in total. The Morgan fingerprint density at radius 3 is 2.53 bits per heavy atom. The predicted molar refractivity (Wildman–Crippen MR) is 84.9 cm³/mol. The Balaban J connectivity index is 1.68. The molecule has 0 radical (unpaired) electrons. The van der Waals surface area contributed by atoms with E-state index in [0.717, 1.165) is 12.0 Å². The van der Waals surface area contributed by atoms with E-state index in [1.54, 1.807) is 0 Å². The molecule has 19 heavy (non-hydrogen) atoms. The molecule has 3 fully saturated rings. The van der Waals surface area contributed by atoms with Crippen LogP contribution < -0.4 is 5.32 Å². The highest BCUT2D eigenvalue weighted by molar-refractivity contribution is 8.00. The molecule has 0 aromatic heterocycles. The first-order valence-electron chi connectivity index (χ1n) is 8.15. The van der Waals surface area contributed by atoms with Gasteiger partial charge in [-0.25, -0.2) is 0 Å². The lowest BCUT2D eigenvalue weighted by molar-refractivity contribution is 0.0546. The van der Waals surface area contributed by atoms with Crippen LogP contribution in [0.4, 0.5) is 0 Å². The fourth-order valence-electron chi connectivity index (χ4n) is 4.04. The van der Waals surface area contributed by atoms with Crippen LogP contribution in [0, 0.1) is 5.92 Å². The molecule has 0 aromatic carbocycles. The summed E-state index contributed by atoms with van der Waals surface area (Å²) in [5, 5.41) is 3.88. The third-order valence-electron chi connectivity index (χ3n) is 5.93. The van der Waals surface area contributed by atoms with Crippen molar-refractivity contribution in [1.29, 1.82) is 0 Å². The van der Waals surface area contributed by atoms with E-state index < -0.39 is 0 Å². The van der Waals surface area contributed by atoms with Gasteiger partial charge in [-0.2, -0.15) is 11.8 Å². The molecule has 3 heteroatoms. The summed E-state index contributed by atoms with van der Waals surface area (Å²) in [5.74, 6) is 0.944. The third kappa shape index (κ3) is 2.71. The zero-order chi connectivity index (χ0) is 13.5. The van der Waals surface area contributed by atoms with E-state index in [1.165, 1.54) is 58.2 Å². The predicted octanol–water partition coefficient (Wildman–Crippen LogP) is 3.12. The lowest BCUT2D eigenvalue weighted by atomic mass is 9.82. The van der Waals surface area contributed by atoms with Gasteiger partial charge in [0.25, 0.3) is 0 Å². The van der Waals surface area contributed by atoms with Gasteiger partial charge in [-0.3, -0.25) is 4.90 Å². The van der Waals surface area contributed by atoms with E-state index in [9.17, 15) is 0 Å². The van der Waals surface area contributed by atoms with Crippen LogP contribution in [0.15, 0.2) is 0 Å². The minimum absolute atomic E-state index is 0.398. The molecule has 1 saturated heterocycles. The molecule has 2 saturated carbocycles. The first-order valence-corrected chi connectivity index (χ1v) is 9.37. The molecule has 0 spiro atoms.